The molecule has 35 heavy (non-hydrogen) atoms. The van der Waals surface area contributed by atoms with E-state index in [4.69, 9.17) is 10.5 Å². The van der Waals surface area contributed by atoms with Crippen LogP contribution in [-0.4, -0.2) is 85.9 Å². The number of primary amides is 1. The minimum atomic E-state index is -0.528. The molecule has 8 nitrogen and oxygen atoms in total. The number of likely N-dealkylation sites (N-methyl/N-ethyl adjacent to an activating group) is 1. The SMILES string of the molecule is C[C@@H]1CN(C(=O)[C@H](c2cc(N3CCN(C)CC3)ccc2C(N)=O)C2(C)CCCC2)[C@@H]2C(=O)CO[C@H]12. The van der Waals surface area contributed by atoms with Gasteiger partial charge in [-0.3, -0.25) is 14.4 Å². The first-order chi connectivity index (χ1) is 16.7. The first-order valence-electron chi connectivity index (χ1n) is 13.0. The molecule has 5 rings (SSSR count). The average Bonchev–Trinajstić information content (AvgIpc) is 3.52. The van der Waals surface area contributed by atoms with Crippen molar-refractivity contribution in [1.82, 2.24) is 9.80 Å². The number of anilines is 1. The lowest BCUT2D eigenvalue weighted by Gasteiger charge is -2.39. The van der Waals surface area contributed by atoms with Crippen molar-refractivity contribution >= 4 is 23.3 Å². The lowest BCUT2D eigenvalue weighted by Crippen LogP contribution is -2.47. The largest absolute Gasteiger partial charge is 0.369 e. The molecule has 8 heteroatoms. The van der Waals surface area contributed by atoms with E-state index in [0.29, 0.717) is 17.7 Å². The summed E-state index contributed by atoms with van der Waals surface area (Å²) < 4.78 is 5.76. The number of hydrogen-bond acceptors (Lipinski definition) is 6. The molecule has 3 aliphatic heterocycles. The number of piperazine rings is 1. The highest BCUT2D eigenvalue weighted by Gasteiger charge is 2.54. The van der Waals surface area contributed by atoms with Crippen molar-refractivity contribution in [3.63, 3.8) is 0 Å². The molecule has 0 aromatic heterocycles. The molecule has 1 aromatic rings. The van der Waals surface area contributed by atoms with Crippen LogP contribution < -0.4 is 10.6 Å². The molecule has 1 aromatic carbocycles. The van der Waals surface area contributed by atoms with E-state index < -0.39 is 17.9 Å². The minimum Gasteiger partial charge on any atom is -0.369 e. The molecule has 1 aliphatic carbocycles. The van der Waals surface area contributed by atoms with E-state index in [2.05, 4.69) is 23.8 Å². The van der Waals surface area contributed by atoms with Gasteiger partial charge < -0.3 is 25.2 Å². The smallest absolute Gasteiger partial charge is 0.249 e. The third kappa shape index (κ3) is 4.25. The van der Waals surface area contributed by atoms with Gasteiger partial charge >= 0.3 is 0 Å². The highest BCUT2D eigenvalue weighted by Crippen LogP contribution is 2.51. The van der Waals surface area contributed by atoms with Gasteiger partial charge in [-0.15, -0.1) is 0 Å². The maximum absolute atomic E-state index is 14.4. The molecule has 2 amide bonds. The van der Waals surface area contributed by atoms with Crippen LogP contribution in [0.25, 0.3) is 0 Å². The predicted molar refractivity (Wildman–Crippen MR) is 133 cm³/mol. The topological polar surface area (TPSA) is 96.2 Å². The third-order valence-electron chi connectivity index (χ3n) is 8.89. The fraction of sp³-hybridized carbons (Fsp3) is 0.667. The molecular weight excluding hydrogens is 444 g/mol. The number of Topliss-reactive ketones (excluding diaryl/α,β-unsaturated/α-hetero) is 1. The number of nitrogens with zero attached hydrogens (tertiary/aromatic N) is 3. The van der Waals surface area contributed by atoms with Gasteiger partial charge in [0.25, 0.3) is 0 Å². The van der Waals surface area contributed by atoms with Gasteiger partial charge in [-0.25, -0.2) is 0 Å². The maximum atomic E-state index is 14.4. The number of fused-ring (bicyclic) bond motifs is 1. The van der Waals surface area contributed by atoms with Crippen LogP contribution >= 0.6 is 0 Å². The predicted octanol–water partition coefficient (Wildman–Crippen LogP) is 2.02. The van der Waals surface area contributed by atoms with Crippen LogP contribution in [0, 0.1) is 11.3 Å². The van der Waals surface area contributed by atoms with Gasteiger partial charge in [0, 0.05) is 49.9 Å². The van der Waals surface area contributed by atoms with Crippen molar-refractivity contribution in [2.45, 2.75) is 57.6 Å². The van der Waals surface area contributed by atoms with Crippen LogP contribution in [0.4, 0.5) is 5.69 Å². The lowest BCUT2D eigenvalue weighted by atomic mass is 9.70. The average molecular weight is 483 g/mol. The molecule has 4 aliphatic rings. The molecule has 0 radical (unpaired) electrons. The fourth-order valence-corrected chi connectivity index (χ4v) is 6.84. The highest BCUT2D eigenvalue weighted by molar-refractivity contribution is 5.99. The van der Waals surface area contributed by atoms with Crippen molar-refractivity contribution in [3.8, 4) is 0 Å². The maximum Gasteiger partial charge on any atom is 0.249 e. The minimum absolute atomic E-state index is 0.0238. The number of likely N-dealkylation sites (tertiary alicyclic amines) is 1. The van der Waals surface area contributed by atoms with E-state index in [9.17, 15) is 14.4 Å². The second-order valence-electron chi connectivity index (χ2n) is 11.4. The van der Waals surface area contributed by atoms with Crippen molar-refractivity contribution in [3.05, 3.63) is 29.3 Å². The van der Waals surface area contributed by atoms with Crippen LogP contribution in [0.1, 0.15) is 61.4 Å². The van der Waals surface area contributed by atoms with E-state index in [1.54, 1.807) is 11.0 Å². The van der Waals surface area contributed by atoms with E-state index in [0.717, 1.165) is 57.5 Å². The Labute approximate surface area is 207 Å². The number of amides is 2. The van der Waals surface area contributed by atoms with Crippen LogP contribution in [0.5, 0.6) is 0 Å². The molecule has 4 atom stereocenters. The normalized spacial score (nSPS) is 29.5. The van der Waals surface area contributed by atoms with Crippen molar-refractivity contribution in [2.75, 3.05) is 51.3 Å². The summed E-state index contributed by atoms with van der Waals surface area (Å²) in [5.41, 5.74) is 7.71. The second-order valence-corrected chi connectivity index (χ2v) is 11.4. The molecule has 4 fully saturated rings. The summed E-state index contributed by atoms with van der Waals surface area (Å²) in [6, 6.07) is 5.25. The number of rotatable bonds is 5. The van der Waals surface area contributed by atoms with Gasteiger partial charge in [-0.1, -0.05) is 26.7 Å². The van der Waals surface area contributed by atoms with E-state index in [1.807, 2.05) is 19.1 Å². The summed E-state index contributed by atoms with van der Waals surface area (Å²) in [4.78, 5) is 46.1. The molecule has 0 bridgehead atoms. The first kappa shape index (κ1) is 24.3. The standard InChI is InChI=1S/C27H38N4O4/c1-17-15-31(23-21(32)16-35-24(17)23)26(34)22(27(2)8-4-5-9-27)20-14-18(6-7-19(20)25(28)33)30-12-10-29(3)11-13-30/h6-7,14,17,22-24H,4-5,8-13,15-16H2,1-3H3,(H2,28,33)/t17-,22+,23-,24-/m1/s1. The van der Waals surface area contributed by atoms with Gasteiger partial charge in [0.05, 0.1) is 12.0 Å². The van der Waals surface area contributed by atoms with Crippen LogP contribution in [0.2, 0.25) is 0 Å². The highest BCUT2D eigenvalue weighted by atomic mass is 16.5. The Morgan fingerprint density at radius 1 is 1.14 bits per heavy atom. The molecule has 2 N–H and O–H groups in total. The number of carbonyl (C=O) groups excluding carboxylic acids is 3. The Hall–Kier alpha value is -2.45. The van der Waals surface area contributed by atoms with E-state index in [-0.39, 0.29) is 35.7 Å². The molecule has 0 unspecified atom stereocenters. The van der Waals surface area contributed by atoms with E-state index >= 15 is 0 Å². The first-order valence-corrected chi connectivity index (χ1v) is 13.0. The molecular formula is C27H38N4O4. The number of carbonyl (C=O) groups is 3. The second kappa shape index (κ2) is 9.21. The van der Waals surface area contributed by atoms with E-state index in [1.165, 1.54) is 0 Å². The molecule has 1 saturated carbocycles. The lowest BCUT2D eigenvalue weighted by molar-refractivity contribution is -0.140. The Bertz CT molecular complexity index is 1010. The van der Waals surface area contributed by atoms with Crippen LogP contribution in [0.15, 0.2) is 18.2 Å². The number of hydrogen-bond donors (Lipinski definition) is 1. The molecule has 0 spiro atoms. The number of ether oxygens (including phenoxy) is 1. The van der Waals surface area contributed by atoms with Gasteiger partial charge in [-0.05, 0) is 49.1 Å². The summed E-state index contributed by atoms with van der Waals surface area (Å²) in [5.74, 6) is -1.04. The Morgan fingerprint density at radius 3 is 2.49 bits per heavy atom. The summed E-state index contributed by atoms with van der Waals surface area (Å²) in [6.07, 6.45) is 3.67. The Kier molecular flexibility index (Phi) is 6.38. The zero-order chi connectivity index (χ0) is 24.9. The summed E-state index contributed by atoms with van der Waals surface area (Å²) in [7, 11) is 2.12. The van der Waals surface area contributed by atoms with Gasteiger partial charge in [-0.2, -0.15) is 0 Å². The third-order valence-corrected chi connectivity index (χ3v) is 8.89. The van der Waals surface area contributed by atoms with Crippen LogP contribution in [-0.2, 0) is 14.3 Å². The number of benzene rings is 1. The number of nitrogens with two attached hydrogens (primary N) is 1. The van der Waals surface area contributed by atoms with Crippen LogP contribution in [0.3, 0.4) is 0 Å². The Balaban J connectivity index is 1.58. The Morgan fingerprint density at radius 2 is 1.83 bits per heavy atom. The van der Waals surface area contributed by atoms with Gasteiger partial charge in [0.1, 0.15) is 12.6 Å². The van der Waals surface area contributed by atoms with Gasteiger partial charge in [0.15, 0.2) is 5.78 Å². The number of ketones is 1. The molecule has 3 saturated heterocycles. The summed E-state index contributed by atoms with van der Waals surface area (Å²) >= 11 is 0. The molecule has 190 valence electrons. The summed E-state index contributed by atoms with van der Waals surface area (Å²) in [6.45, 7) is 8.47. The summed E-state index contributed by atoms with van der Waals surface area (Å²) in [5, 5.41) is 0. The zero-order valence-electron chi connectivity index (χ0n) is 21.2. The molecule has 3 heterocycles. The van der Waals surface area contributed by atoms with Gasteiger partial charge in [0.2, 0.25) is 11.8 Å². The van der Waals surface area contributed by atoms with Crippen molar-refractivity contribution in [2.24, 2.45) is 17.1 Å². The van der Waals surface area contributed by atoms with Crippen molar-refractivity contribution < 1.29 is 19.1 Å². The van der Waals surface area contributed by atoms with Crippen molar-refractivity contribution in [1.29, 1.82) is 0 Å². The quantitative estimate of drug-likeness (QED) is 0.690. The zero-order valence-corrected chi connectivity index (χ0v) is 21.2. The fourth-order valence-electron chi connectivity index (χ4n) is 6.84. The monoisotopic (exact) mass is 482 g/mol.